The first-order valence-corrected chi connectivity index (χ1v) is 8.88. The number of nitrogens with two attached hydrogens (primary N) is 1. The van der Waals surface area contributed by atoms with Crippen molar-refractivity contribution in [1.82, 2.24) is 19.8 Å². The van der Waals surface area contributed by atoms with E-state index in [4.69, 9.17) is 22.4 Å². The van der Waals surface area contributed by atoms with Crippen LogP contribution in [0.3, 0.4) is 0 Å². The first-order chi connectivity index (χ1) is 12.3. The summed E-state index contributed by atoms with van der Waals surface area (Å²) in [5, 5.41) is 9.46. The standard InChI is InChI=1S/C16H25ClN6O3/c1-11-14(17)15(20-16(18)19-11)22-5-3-4-12(24)23(10-13(25)26)9-7-21(2)6-8-22/h3-10H2,1-2H3,(H,25,26)(H2,18,19,20). The van der Waals surface area contributed by atoms with Gasteiger partial charge in [-0.05, 0) is 20.4 Å². The summed E-state index contributed by atoms with van der Waals surface area (Å²) in [6, 6.07) is 0. The molecule has 1 aromatic heterocycles. The zero-order chi connectivity index (χ0) is 19.3. The molecule has 1 aliphatic heterocycles. The van der Waals surface area contributed by atoms with Gasteiger partial charge in [0.25, 0.3) is 0 Å². The van der Waals surface area contributed by atoms with Crippen LogP contribution in [-0.2, 0) is 9.59 Å². The zero-order valence-electron chi connectivity index (χ0n) is 15.1. The van der Waals surface area contributed by atoms with Crippen LogP contribution < -0.4 is 10.6 Å². The van der Waals surface area contributed by atoms with Crippen molar-refractivity contribution in [2.75, 3.05) is 56.9 Å². The number of anilines is 2. The molecule has 1 aromatic rings. The largest absolute Gasteiger partial charge is 0.480 e. The molecule has 0 saturated carbocycles. The quantitative estimate of drug-likeness (QED) is 0.772. The molecule has 0 atom stereocenters. The molecule has 10 heteroatoms. The molecule has 0 bridgehead atoms. The molecule has 0 radical (unpaired) electrons. The normalized spacial score (nSPS) is 17.9. The number of nitrogen functional groups attached to an aromatic ring is 1. The van der Waals surface area contributed by atoms with Crippen molar-refractivity contribution in [1.29, 1.82) is 0 Å². The highest BCUT2D eigenvalue weighted by molar-refractivity contribution is 6.33. The van der Waals surface area contributed by atoms with E-state index in [1.807, 2.05) is 16.8 Å². The van der Waals surface area contributed by atoms with Crippen molar-refractivity contribution < 1.29 is 14.7 Å². The van der Waals surface area contributed by atoms with E-state index in [2.05, 4.69) is 9.97 Å². The highest BCUT2D eigenvalue weighted by atomic mass is 35.5. The monoisotopic (exact) mass is 384 g/mol. The van der Waals surface area contributed by atoms with Crippen LogP contribution in [0.5, 0.6) is 0 Å². The Bertz CT molecular complexity index is 672. The molecule has 0 aliphatic carbocycles. The first-order valence-electron chi connectivity index (χ1n) is 8.50. The van der Waals surface area contributed by atoms with E-state index in [1.54, 1.807) is 6.92 Å². The number of halogens is 1. The van der Waals surface area contributed by atoms with E-state index in [-0.39, 0.29) is 24.8 Å². The van der Waals surface area contributed by atoms with Crippen LogP contribution in [-0.4, -0.2) is 83.1 Å². The lowest BCUT2D eigenvalue weighted by Gasteiger charge is -2.27. The van der Waals surface area contributed by atoms with Crippen molar-refractivity contribution in [2.24, 2.45) is 0 Å². The smallest absolute Gasteiger partial charge is 0.323 e. The molecular formula is C16H25ClN6O3. The van der Waals surface area contributed by atoms with Gasteiger partial charge in [-0.15, -0.1) is 0 Å². The molecule has 0 spiro atoms. The molecule has 3 N–H and O–H groups in total. The average Bonchev–Trinajstić information content (AvgIpc) is 2.59. The second-order valence-corrected chi connectivity index (χ2v) is 6.79. The van der Waals surface area contributed by atoms with Crippen LogP contribution in [0.2, 0.25) is 5.02 Å². The second kappa shape index (κ2) is 9.00. The van der Waals surface area contributed by atoms with Gasteiger partial charge in [-0.3, -0.25) is 9.59 Å². The molecule has 0 aromatic carbocycles. The van der Waals surface area contributed by atoms with E-state index in [0.29, 0.717) is 55.7 Å². The van der Waals surface area contributed by atoms with E-state index in [0.717, 1.165) is 0 Å². The van der Waals surface area contributed by atoms with Gasteiger partial charge in [0.1, 0.15) is 11.6 Å². The number of amides is 1. The van der Waals surface area contributed by atoms with Gasteiger partial charge in [0.2, 0.25) is 11.9 Å². The van der Waals surface area contributed by atoms with Crippen LogP contribution >= 0.6 is 11.6 Å². The van der Waals surface area contributed by atoms with Gasteiger partial charge in [-0.2, -0.15) is 4.98 Å². The molecule has 9 nitrogen and oxygen atoms in total. The van der Waals surface area contributed by atoms with Gasteiger partial charge in [0.15, 0.2) is 5.82 Å². The van der Waals surface area contributed by atoms with Crippen LogP contribution in [0.15, 0.2) is 0 Å². The summed E-state index contributed by atoms with van der Waals surface area (Å²) in [5.41, 5.74) is 6.38. The summed E-state index contributed by atoms with van der Waals surface area (Å²) in [6.45, 7) is 4.43. The Labute approximate surface area is 157 Å². The number of carboxylic acids is 1. The maximum atomic E-state index is 12.4. The van der Waals surface area contributed by atoms with Gasteiger partial charge in [0.05, 0.1) is 5.69 Å². The second-order valence-electron chi connectivity index (χ2n) is 6.41. The minimum atomic E-state index is -1.00. The number of aliphatic carboxylic acids is 1. The van der Waals surface area contributed by atoms with Gasteiger partial charge >= 0.3 is 5.97 Å². The Hall–Kier alpha value is -2.13. The van der Waals surface area contributed by atoms with Crippen LogP contribution in [0.25, 0.3) is 0 Å². The van der Waals surface area contributed by atoms with Crippen molar-refractivity contribution in [2.45, 2.75) is 19.8 Å². The number of carboxylic acid groups (broad SMARTS) is 1. The van der Waals surface area contributed by atoms with Gasteiger partial charge in [0, 0.05) is 39.1 Å². The topological polar surface area (TPSA) is 116 Å². The van der Waals surface area contributed by atoms with E-state index >= 15 is 0 Å². The van der Waals surface area contributed by atoms with Crippen LogP contribution in [0.4, 0.5) is 11.8 Å². The van der Waals surface area contributed by atoms with Gasteiger partial charge in [-0.25, -0.2) is 4.98 Å². The van der Waals surface area contributed by atoms with E-state index in [1.165, 1.54) is 4.90 Å². The highest BCUT2D eigenvalue weighted by Crippen LogP contribution is 2.27. The van der Waals surface area contributed by atoms with E-state index < -0.39 is 5.97 Å². The summed E-state index contributed by atoms with van der Waals surface area (Å²) in [6.07, 6.45) is 0.836. The maximum absolute atomic E-state index is 12.4. The fourth-order valence-corrected chi connectivity index (χ4v) is 3.03. The minimum absolute atomic E-state index is 0.160. The Morgan fingerprint density at radius 2 is 1.92 bits per heavy atom. The molecule has 0 unspecified atom stereocenters. The Morgan fingerprint density at radius 3 is 2.62 bits per heavy atom. The molecular weight excluding hydrogens is 360 g/mol. The predicted octanol–water partition coefficient (Wildman–Crippen LogP) is 0.466. The number of nitrogens with zero attached hydrogens (tertiary/aromatic N) is 5. The average molecular weight is 385 g/mol. The number of hydrogen-bond donors (Lipinski definition) is 2. The molecule has 2 heterocycles. The number of carbonyl (C=O) groups excluding carboxylic acids is 1. The lowest BCUT2D eigenvalue weighted by Crippen LogP contribution is -2.41. The number of aromatic nitrogens is 2. The number of aryl methyl sites for hydroxylation is 1. The molecule has 26 heavy (non-hydrogen) atoms. The lowest BCUT2D eigenvalue weighted by atomic mass is 10.2. The van der Waals surface area contributed by atoms with Crippen molar-refractivity contribution in [3.05, 3.63) is 10.7 Å². The number of likely N-dealkylation sites (N-methyl/N-ethyl adjacent to an activating group) is 1. The fourth-order valence-electron chi connectivity index (χ4n) is 2.83. The van der Waals surface area contributed by atoms with Crippen molar-refractivity contribution in [3.8, 4) is 0 Å². The van der Waals surface area contributed by atoms with Gasteiger partial charge in [-0.1, -0.05) is 11.6 Å². The molecule has 2 rings (SSSR count). The number of rotatable bonds is 3. The Balaban J connectivity index is 2.18. The molecule has 1 saturated heterocycles. The van der Waals surface area contributed by atoms with Gasteiger partial charge < -0.3 is 25.5 Å². The molecule has 1 aliphatic rings. The maximum Gasteiger partial charge on any atom is 0.323 e. The Kier molecular flexibility index (Phi) is 6.98. The molecule has 1 amide bonds. The highest BCUT2D eigenvalue weighted by Gasteiger charge is 2.21. The predicted molar refractivity (Wildman–Crippen MR) is 99.4 cm³/mol. The molecule has 144 valence electrons. The van der Waals surface area contributed by atoms with Crippen LogP contribution in [0.1, 0.15) is 18.5 Å². The third-order valence-corrected chi connectivity index (χ3v) is 4.76. The van der Waals surface area contributed by atoms with E-state index in [9.17, 15) is 9.59 Å². The van der Waals surface area contributed by atoms with Crippen LogP contribution in [0, 0.1) is 6.92 Å². The zero-order valence-corrected chi connectivity index (χ0v) is 15.9. The summed E-state index contributed by atoms with van der Waals surface area (Å²) >= 11 is 6.37. The SMILES string of the molecule is Cc1nc(N)nc(N2CCCC(=O)N(CC(=O)O)CCN(C)CC2)c1Cl. The number of carbonyl (C=O) groups is 2. The van der Waals surface area contributed by atoms with Crippen molar-refractivity contribution >= 4 is 35.2 Å². The Morgan fingerprint density at radius 1 is 1.23 bits per heavy atom. The summed E-state index contributed by atoms with van der Waals surface area (Å²) < 4.78 is 0. The minimum Gasteiger partial charge on any atom is -0.480 e. The molecule has 1 fully saturated rings. The summed E-state index contributed by atoms with van der Waals surface area (Å²) in [4.78, 5) is 37.1. The van der Waals surface area contributed by atoms with Crippen molar-refractivity contribution in [3.63, 3.8) is 0 Å². The third-order valence-electron chi connectivity index (χ3n) is 4.32. The first kappa shape index (κ1) is 20.2. The number of hydrogen-bond acceptors (Lipinski definition) is 7. The summed E-state index contributed by atoms with van der Waals surface area (Å²) in [5.74, 6) is -0.434. The lowest BCUT2D eigenvalue weighted by molar-refractivity contribution is -0.144. The fraction of sp³-hybridized carbons (Fsp3) is 0.625. The third kappa shape index (κ3) is 5.43. The summed E-state index contributed by atoms with van der Waals surface area (Å²) in [7, 11) is 1.93.